The van der Waals surface area contributed by atoms with Gasteiger partial charge in [0.2, 0.25) is 0 Å². The Morgan fingerprint density at radius 1 is 1.40 bits per heavy atom. The molecule has 0 N–H and O–H groups in total. The highest BCUT2D eigenvalue weighted by atomic mass is 16.5. The molecule has 0 aromatic rings. The quantitative estimate of drug-likeness (QED) is 0.526. The van der Waals surface area contributed by atoms with Crippen molar-refractivity contribution in [1.82, 2.24) is 0 Å². The van der Waals surface area contributed by atoms with E-state index in [9.17, 15) is 9.90 Å². The van der Waals surface area contributed by atoms with E-state index in [-0.39, 0.29) is 6.42 Å². The van der Waals surface area contributed by atoms with E-state index in [2.05, 4.69) is 0 Å². The summed E-state index contributed by atoms with van der Waals surface area (Å²) in [6, 6.07) is 0. The Morgan fingerprint density at radius 2 is 2.10 bits per heavy atom. The first kappa shape index (κ1) is 9.43. The molecular formula is C7H13O3. The molecule has 0 atom stereocenters. The molecule has 0 aliphatic heterocycles. The Hall–Kier alpha value is -0.570. The SMILES string of the molecule is CCOCCCCC([O])=O. The van der Waals surface area contributed by atoms with Crippen LogP contribution < -0.4 is 0 Å². The molecule has 0 spiro atoms. The number of hydrogen-bond donors (Lipinski definition) is 0. The molecule has 0 amide bonds. The normalized spacial score (nSPS) is 9.70. The van der Waals surface area contributed by atoms with E-state index >= 15 is 0 Å². The van der Waals surface area contributed by atoms with Crippen LogP contribution in [0.4, 0.5) is 0 Å². The lowest BCUT2D eigenvalue weighted by Gasteiger charge is -1.97. The fourth-order valence-electron chi connectivity index (χ4n) is 0.618. The van der Waals surface area contributed by atoms with Gasteiger partial charge in [0, 0.05) is 13.2 Å². The lowest BCUT2D eigenvalue weighted by molar-refractivity contribution is -0.143. The Labute approximate surface area is 61.0 Å². The smallest absolute Gasteiger partial charge is 0.355 e. The van der Waals surface area contributed by atoms with E-state index in [1.165, 1.54) is 0 Å². The monoisotopic (exact) mass is 145 g/mol. The van der Waals surface area contributed by atoms with Gasteiger partial charge in [0.25, 0.3) is 0 Å². The Balaban J connectivity index is 2.84. The lowest BCUT2D eigenvalue weighted by atomic mass is 10.2. The van der Waals surface area contributed by atoms with Crippen molar-refractivity contribution in [3.8, 4) is 0 Å². The Bertz CT molecular complexity index is 90.9. The van der Waals surface area contributed by atoms with Crippen molar-refractivity contribution >= 4 is 5.97 Å². The zero-order valence-corrected chi connectivity index (χ0v) is 6.26. The van der Waals surface area contributed by atoms with E-state index < -0.39 is 5.97 Å². The maximum atomic E-state index is 9.88. The van der Waals surface area contributed by atoms with Gasteiger partial charge in [0.15, 0.2) is 0 Å². The number of hydrogen-bond acceptors (Lipinski definition) is 2. The van der Waals surface area contributed by atoms with Gasteiger partial charge in [0.1, 0.15) is 0 Å². The highest BCUT2D eigenvalue weighted by Crippen LogP contribution is 1.95. The molecule has 10 heavy (non-hydrogen) atoms. The van der Waals surface area contributed by atoms with Crippen LogP contribution in [0.15, 0.2) is 0 Å². The summed E-state index contributed by atoms with van der Waals surface area (Å²) >= 11 is 0. The van der Waals surface area contributed by atoms with Gasteiger partial charge < -0.3 is 4.74 Å². The van der Waals surface area contributed by atoms with Gasteiger partial charge in [-0.1, -0.05) is 0 Å². The minimum Gasteiger partial charge on any atom is -0.382 e. The van der Waals surface area contributed by atoms with Crippen LogP contribution in [0.1, 0.15) is 26.2 Å². The van der Waals surface area contributed by atoms with Crippen LogP contribution in [-0.2, 0) is 14.6 Å². The van der Waals surface area contributed by atoms with E-state index in [0.29, 0.717) is 19.6 Å². The predicted molar refractivity (Wildman–Crippen MR) is 36.0 cm³/mol. The number of carbonyl (C=O) groups is 1. The molecule has 0 aliphatic carbocycles. The molecule has 59 valence electrons. The largest absolute Gasteiger partial charge is 0.382 e. The second-order valence-corrected chi connectivity index (χ2v) is 2.03. The predicted octanol–water partition coefficient (Wildman–Crippen LogP) is 1.15. The van der Waals surface area contributed by atoms with Gasteiger partial charge in [-0.15, -0.1) is 0 Å². The Morgan fingerprint density at radius 3 is 2.60 bits per heavy atom. The molecule has 0 aromatic carbocycles. The summed E-state index contributed by atoms with van der Waals surface area (Å²) in [6.07, 6.45) is 1.61. The van der Waals surface area contributed by atoms with Gasteiger partial charge in [-0.2, -0.15) is 0 Å². The summed E-state index contributed by atoms with van der Waals surface area (Å²) in [5.41, 5.74) is 0. The van der Waals surface area contributed by atoms with Gasteiger partial charge in [-0.25, -0.2) is 9.90 Å². The Kier molecular flexibility index (Phi) is 6.18. The van der Waals surface area contributed by atoms with Crippen molar-refractivity contribution < 1.29 is 14.6 Å². The van der Waals surface area contributed by atoms with Crippen molar-refractivity contribution in [2.24, 2.45) is 0 Å². The molecule has 0 rings (SSSR count). The molecule has 0 aromatic heterocycles. The maximum Gasteiger partial charge on any atom is 0.355 e. The standard InChI is InChI=1S/C7H13O3/c1-2-10-6-4-3-5-7(8)9/h2-6H2,1H3. The number of ether oxygens (including phenoxy) is 1. The second kappa shape index (κ2) is 6.55. The fourth-order valence-corrected chi connectivity index (χ4v) is 0.618. The number of carbonyl (C=O) groups excluding carboxylic acids is 1. The molecule has 0 heterocycles. The molecule has 1 radical (unpaired) electrons. The van der Waals surface area contributed by atoms with Crippen molar-refractivity contribution in [3.05, 3.63) is 0 Å². The summed E-state index contributed by atoms with van der Waals surface area (Å²) in [4.78, 5) is 9.88. The van der Waals surface area contributed by atoms with Gasteiger partial charge >= 0.3 is 5.97 Å². The maximum absolute atomic E-state index is 9.88. The van der Waals surface area contributed by atoms with Gasteiger partial charge in [-0.05, 0) is 19.8 Å². The zero-order valence-electron chi connectivity index (χ0n) is 6.26. The highest BCUT2D eigenvalue weighted by molar-refractivity contribution is 5.66. The molecule has 3 nitrogen and oxygen atoms in total. The molecule has 3 heteroatoms. The van der Waals surface area contributed by atoms with Crippen LogP contribution in [0.25, 0.3) is 0 Å². The first-order chi connectivity index (χ1) is 4.77. The highest BCUT2D eigenvalue weighted by Gasteiger charge is 1.97. The first-order valence-corrected chi connectivity index (χ1v) is 3.55. The minimum atomic E-state index is -0.975. The van der Waals surface area contributed by atoms with Crippen LogP contribution in [0, 0.1) is 0 Å². The summed E-state index contributed by atoms with van der Waals surface area (Å²) in [5.74, 6) is -0.975. The van der Waals surface area contributed by atoms with Gasteiger partial charge in [0.05, 0.1) is 6.42 Å². The van der Waals surface area contributed by atoms with Crippen molar-refractivity contribution in [2.75, 3.05) is 13.2 Å². The summed E-state index contributed by atoms with van der Waals surface area (Å²) in [6.45, 7) is 3.27. The first-order valence-electron chi connectivity index (χ1n) is 3.55. The summed E-state index contributed by atoms with van der Waals surface area (Å²) in [7, 11) is 0. The van der Waals surface area contributed by atoms with Crippen LogP contribution in [0.3, 0.4) is 0 Å². The average molecular weight is 145 g/mol. The lowest BCUT2D eigenvalue weighted by Crippen LogP contribution is -1.96. The van der Waals surface area contributed by atoms with Crippen LogP contribution in [0.5, 0.6) is 0 Å². The summed E-state index contributed by atoms with van der Waals surface area (Å²) < 4.78 is 5.00. The zero-order chi connectivity index (χ0) is 7.82. The van der Waals surface area contributed by atoms with Crippen molar-refractivity contribution in [3.63, 3.8) is 0 Å². The minimum absolute atomic E-state index is 0.146. The van der Waals surface area contributed by atoms with Crippen LogP contribution >= 0.6 is 0 Å². The number of rotatable bonds is 6. The topological polar surface area (TPSA) is 46.2 Å². The number of unbranched alkanes of at least 4 members (excludes halogenated alkanes) is 1. The molecule has 0 saturated heterocycles. The van der Waals surface area contributed by atoms with Crippen molar-refractivity contribution in [1.29, 1.82) is 0 Å². The molecular weight excluding hydrogens is 132 g/mol. The van der Waals surface area contributed by atoms with Crippen molar-refractivity contribution in [2.45, 2.75) is 26.2 Å². The van der Waals surface area contributed by atoms with Gasteiger partial charge in [-0.3, -0.25) is 0 Å². The van der Waals surface area contributed by atoms with E-state index in [0.717, 1.165) is 6.42 Å². The third-order valence-corrected chi connectivity index (χ3v) is 1.12. The van der Waals surface area contributed by atoms with Crippen LogP contribution in [-0.4, -0.2) is 19.2 Å². The van der Waals surface area contributed by atoms with Crippen LogP contribution in [0.2, 0.25) is 0 Å². The van der Waals surface area contributed by atoms with E-state index in [1.54, 1.807) is 0 Å². The molecule has 0 unspecified atom stereocenters. The molecule has 0 aliphatic rings. The molecule has 0 bridgehead atoms. The fraction of sp³-hybridized carbons (Fsp3) is 0.857. The second-order valence-electron chi connectivity index (χ2n) is 2.03. The summed E-state index contributed by atoms with van der Waals surface area (Å²) in [5, 5.41) is 9.88. The van der Waals surface area contributed by atoms with E-state index in [1.807, 2.05) is 6.92 Å². The third kappa shape index (κ3) is 7.43. The average Bonchev–Trinajstić information content (AvgIpc) is 1.87. The molecule has 0 fully saturated rings. The van der Waals surface area contributed by atoms with E-state index in [4.69, 9.17) is 4.74 Å². The molecule has 0 saturated carbocycles. The third-order valence-electron chi connectivity index (χ3n) is 1.12.